The second kappa shape index (κ2) is 12.8. The summed E-state index contributed by atoms with van der Waals surface area (Å²) >= 11 is 6.71. The molecular weight excluding hydrogens is 538 g/mol. The first kappa shape index (κ1) is 28.8. The van der Waals surface area contributed by atoms with E-state index in [2.05, 4.69) is 32.7 Å². The van der Waals surface area contributed by atoms with Gasteiger partial charge in [0, 0.05) is 41.5 Å². The Balaban J connectivity index is 1.26. The second-order valence-corrected chi connectivity index (χ2v) is 11.2. The van der Waals surface area contributed by atoms with Crippen LogP contribution in [0, 0.1) is 0 Å². The molecule has 5 rings (SSSR count). The minimum absolute atomic E-state index is 0.0595. The van der Waals surface area contributed by atoms with Gasteiger partial charge in [-0.2, -0.15) is 5.10 Å². The van der Waals surface area contributed by atoms with E-state index in [0.29, 0.717) is 29.8 Å². The topological polar surface area (TPSA) is 132 Å². The smallest absolute Gasteiger partial charge is 0.268 e. The van der Waals surface area contributed by atoms with Crippen LogP contribution >= 0.6 is 11.6 Å². The monoisotopic (exact) mass is 573 g/mol. The summed E-state index contributed by atoms with van der Waals surface area (Å²) < 4.78 is 0. The highest BCUT2D eigenvalue weighted by Gasteiger charge is 2.27. The number of amides is 1. The van der Waals surface area contributed by atoms with Gasteiger partial charge in [-0.15, -0.1) is 0 Å². The second-order valence-electron chi connectivity index (χ2n) is 10.8. The number of carbonyl (C=O) groups excluding carboxylic acids is 2. The summed E-state index contributed by atoms with van der Waals surface area (Å²) in [7, 11) is 1.93. The molecule has 3 unspecified atom stereocenters. The third kappa shape index (κ3) is 6.77. The molecular formula is C31H36ClN7O2. The van der Waals surface area contributed by atoms with Crippen LogP contribution in [-0.2, 0) is 11.3 Å². The zero-order valence-corrected chi connectivity index (χ0v) is 24.0. The molecule has 0 saturated carbocycles. The summed E-state index contributed by atoms with van der Waals surface area (Å²) in [5.41, 5.74) is 11.6. The molecule has 1 fully saturated rings. The molecule has 2 aromatic carbocycles. The number of nitrogens with two attached hydrogens (primary N) is 1. The Morgan fingerprint density at radius 1 is 1.15 bits per heavy atom. The van der Waals surface area contributed by atoms with Gasteiger partial charge < -0.3 is 21.4 Å². The summed E-state index contributed by atoms with van der Waals surface area (Å²) in [6, 6.07) is 17.4. The number of hydrogen-bond donors (Lipinski definition) is 5. The highest BCUT2D eigenvalue weighted by atomic mass is 35.5. The van der Waals surface area contributed by atoms with E-state index in [-0.39, 0.29) is 30.3 Å². The van der Waals surface area contributed by atoms with Crippen molar-refractivity contribution in [3.8, 4) is 22.4 Å². The molecule has 1 amide bonds. The van der Waals surface area contributed by atoms with Gasteiger partial charge in [0.25, 0.3) is 5.91 Å². The summed E-state index contributed by atoms with van der Waals surface area (Å²) in [4.78, 5) is 30.7. The fourth-order valence-corrected chi connectivity index (χ4v) is 5.58. The number of benzene rings is 2. The molecule has 0 aliphatic carbocycles. The average Bonchev–Trinajstić information content (AvgIpc) is 3.74. The molecule has 0 bridgehead atoms. The number of nitrogens with one attached hydrogen (secondary N) is 4. The van der Waals surface area contributed by atoms with E-state index in [4.69, 9.17) is 17.3 Å². The van der Waals surface area contributed by atoms with E-state index in [0.717, 1.165) is 46.4 Å². The standard InChI is InChI=1S/C31H36ClN7O2/c1-19-8-11-26(36-19)29(40)18-39(2)17-22-10-9-21(12-25(22)32)24-16-35-38-30(24)23-13-27(34-15-23)31(41)37-28(14-33)20-6-4-3-5-7-20/h3-7,9-10,12-13,15-16,19,26,28,34,36H,8,11,14,17-18,33H2,1-2H3,(H,35,38)(H,37,41). The van der Waals surface area contributed by atoms with Gasteiger partial charge in [-0.05, 0) is 55.6 Å². The maximum Gasteiger partial charge on any atom is 0.268 e. The van der Waals surface area contributed by atoms with Crippen molar-refractivity contribution in [2.45, 2.75) is 44.4 Å². The van der Waals surface area contributed by atoms with Crippen molar-refractivity contribution in [3.63, 3.8) is 0 Å². The van der Waals surface area contributed by atoms with Crippen LogP contribution in [0.3, 0.4) is 0 Å². The van der Waals surface area contributed by atoms with Crippen molar-refractivity contribution in [1.29, 1.82) is 0 Å². The molecule has 6 N–H and O–H groups in total. The van der Waals surface area contributed by atoms with Crippen LogP contribution in [0.2, 0.25) is 5.02 Å². The number of Topliss-reactive ketones (excluding diaryl/α,β-unsaturated/α-hetero) is 1. The van der Waals surface area contributed by atoms with Crippen molar-refractivity contribution < 1.29 is 9.59 Å². The minimum Gasteiger partial charge on any atom is -0.357 e. The first-order valence-corrected chi connectivity index (χ1v) is 14.2. The molecule has 3 heterocycles. The summed E-state index contributed by atoms with van der Waals surface area (Å²) in [5.74, 6) is -0.0318. The molecule has 3 atom stereocenters. The lowest BCUT2D eigenvalue weighted by atomic mass is 10.0. The van der Waals surface area contributed by atoms with Gasteiger partial charge in [0.15, 0.2) is 5.78 Å². The first-order valence-electron chi connectivity index (χ1n) is 13.9. The molecule has 0 spiro atoms. The quantitative estimate of drug-likeness (QED) is 0.182. The van der Waals surface area contributed by atoms with Crippen LogP contribution in [-0.4, -0.2) is 64.0 Å². The van der Waals surface area contributed by atoms with Gasteiger partial charge in [-0.25, -0.2) is 0 Å². The number of carbonyl (C=O) groups is 2. The van der Waals surface area contributed by atoms with Crippen LogP contribution in [0.5, 0.6) is 0 Å². The lowest BCUT2D eigenvalue weighted by Crippen LogP contribution is -2.40. The average molecular weight is 574 g/mol. The molecule has 9 nitrogen and oxygen atoms in total. The molecule has 4 aromatic rings. The molecule has 214 valence electrons. The fourth-order valence-electron chi connectivity index (χ4n) is 5.34. The molecule has 41 heavy (non-hydrogen) atoms. The van der Waals surface area contributed by atoms with E-state index in [9.17, 15) is 9.59 Å². The number of aromatic nitrogens is 3. The van der Waals surface area contributed by atoms with Gasteiger partial charge >= 0.3 is 0 Å². The van der Waals surface area contributed by atoms with E-state index in [1.54, 1.807) is 18.5 Å². The summed E-state index contributed by atoms with van der Waals surface area (Å²) in [5, 5.41) is 14.3. The third-order valence-corrected chi connectivity index (χ3v) is 7.94. The highest BCUT2D eigenvalue weighted by molar-refractivity contribution is 6.31. The van der Waals surface area contributed by atoms with Crippen molar-refractivity contribution in [3.05, 3.63) is 88.8 Å². The molecule has 1 aliphatic rings. The Kier molecular flexibility index (Phi) is 8.99. The molecule has 1 saturated heterocycles. The third-order valence-electron chi connectivity index (χ3n) is 7.59. The lowest BCUT2D eigenvalue weighted by molar-refractivity contribution is -0.121. The largest absolute Gasteiger partial charge is 0.357 e. The van der Waals surface area contributed by atoms with Gasteiger partial charge in [0.2, 0.25) is 0 Å². The first-order chi connectivity index (χ1) is 19.8. The number of rotatable bonds is 11. The highest BCUT2D eigenvalue weighted by Crippen LogP contribution is 2.33. The van der Waals surface area contributed by atoms with Crippen molar-refractivity contribution in [2.75, 3.05) is 20.1 Å². The van der Waals surface area contributed by atoms with Gasteiger partial charge in [-0.3, -0.25) is 19.6 Å². The van der Waals surface area contributed by atoms with E-state index in [1.165, 1.54) is 0 Å². The van der Waals surface area contributed by atoms with E-state index >= 15 is 0 Å². The summed E-state index contributed by atoms with van der Waals surface area (Å²) in [6.07, 6.45) is 5.44. The number of nitrogens with zero attached hydrogens (tertiary/aromatic N) is 2. The van der Waals surface area contributed by atoms with E-state index < -0.39 is 0 Å². The van der Waals surface area contributed by atoms with Crippen LogP contribution in [0.15, 0.2) is 67.0 Å². The summed E-state index contributed by atoms with van der Waals surface area (Å²) in [6.45, 7) is 3.33. The van der Waals surface area contributed by atoms with Crippen LogP contribution < -0.4 is 16.4 Å². The van der Waals surface area contributed by atoms with E-state index in [1.807, 2.05) is 60.5 Å². The molecule has 0 radical (unpaired) electrons. The number of hydrogen-bond acceptors (Lipinski definition) is 6. The predicted molar refractivity (Wildman–Crippen MR) is 161 cm³/mol. The van der Waals surface area contributed by atoms with Crippen LogP contribution in [0.1, 0.15) is 47.4 Å². The number of halogens is 1. The van der Waals surface area contributed by atoms with Gasteiger partial charge in [0.1, 0.15) is 5.69 Å². The van der Waals surface area contributed by atoms with Crippen LogP contribution in [0.4, 0.5) is 0 Å². The Hall–Kier alpha value is -3.76. The van der Waals surface area contributed by atoms with Crippen molar-refractivity contribution >= 4 is 23.3 Å². The number of aromatic amines is 2. The number of likely N-dealkylation sites (N-methyl/N-ethyl adjacent to an activating group) is 1. The van der Waals surface area contributed by atoms with Gasteiger partial charge in [-0.1, -0.05) is 54.1 Å². The molecule has 10 heteroatoms. The Morgan fingerprint density at radius 3 is 2.66 bits per heavy atom. The zero-order valence-electron chi connectivity index (χ0n) is 23.3. The Bertz CT molecular complexity index is 1500. The lowest BCUT2D eigenvalue weighted by Gasteiger charge is -2.19. The SMILES string of the molecule is CC1CCC(C(=O)CN(C)Cc2ccc(-c3cn[nH]c3-c3c[nH]c(C(=O)NC(CN)c4ccccc4)c3)cc2Cl)N1. The predicted octanol–water partition coefficient (Wildman–Crippen LogP) is 4.30. The maximum atomic E-state index is 13.0. The van der Waals surface area contributed by atoms with Gasteiger partial charge in [0.05, 0.1) is 30.5 Å². The number of H-pyrrole nitrogens is 2. The zero-order chi connectivity index (χ0) is 28.9. The Labute approximate surface area is 244 Å². The molecule has 2 aromatic heterocycles. The normalized spacial score (nSPS) is 17.6. The fraction of sp³-hybridized carbons (Fsp3) is 0.323. The number of ketones is 1. The van der Waals surface area contributed by atoms with Crippen LogP contribution in [0.25, 0.3) is 22.4 Å². The Morgan fingerprint density at radius 2 is 1.95 bits per heavy atom. The maximum absolute atomic E-state index is 13.0. The minimum atomic E-state index is -0.293. The molecule has 1 aliphatic heterocycles. The van der Waals surface area contributed by atoms with Crippen molar-refractivity contribution in [1.82, 2.24) is 30.7 Å². The van der Waals surface area contributed by atoms with Crippen molar-refractivity contribution in [2.24, 2.45) is 5.73 Å².